The van der Waals surface area contributed by atoms with Crippen molar-refractivity contribution in [1.29, 1.82) is 0 Å². The molecule has 3 aromatic rings. The highest BCUT2D eigenvalue weighted by atomic mass is 16.5. The summed E-state index contributed by atoms with van der Waals surface area (Å²) in [6, 6.07) is 14.9. The Morgan fingerprint density at radius 2 is 1.92 bits per heavy atom. The van der Waals surface area contributed by atoms with Crippen LogP contribution in [0.4, 0.5) is 0 Å². The molecule has 0 unspecified atom stereocenters. The summed E-state index contributed by atoms with van der Waals surface area (Å²) in [6.45, 7) is 2.38. The minimum atomic E-state index is -0.401. The van der Waals surface area contributed by atoms with Gasteiger partial charge in [0.2, 0.25) is 0 Å². The maximum atomic E-state index is 9.98. The van der Waals surface area contributed by atoms with E-state index in [1.165, 1.54) is 0 Å². The highest BCUT2D eigenvalue weighted by molar-refractivity contribution is 5.82. The third-order valence-electron chi connectivity index (χ3n) is 4.11. The Hall–Kier alpha value is -2.79. The molecule has 0 saturated heterocycles. The first-order valence-corrected chi connectivity index (χ1v) is 8.26. The Kier molecular flexibility index (Phi) is 5.05. The molecule has 0 radical (unpaired) electrons. The minimum Gasteiger partial charge on any atom is -0.508 e. The zero-order chi connectivity index (χ0) is 17.8. The van der Waals surface area contributed by atoms with Gasteiger partial charge in [-0.1, -0.05) is 30.3 Å². The van der Waals surface area contributed by atoms with Gasteiger partial charge in [0.25, 0.3) is 0 Å². The first-order chi connectivity index (χ1) is 12.1. The number of phenols is 1. The van der Waals surface area contributed by atoms with Crippen LogP contribution in [0.1, 0.15) is 13.3 Å². The van der Waals surface area contributed by atoms with E-state index in [0.29, 0.717) is 18.7 Å². The lowest BCUT2D eigenvalue weighted by atomic mass is 10.0. The van der Waals surface area contributed by atoms with Crippen molar-refractivity contribution in [3.8, 4) is 34.0 Å². The minimum absolute atomic E-state index is 0.165. The van der Waals surface area contributed by atoms with Crippen molar-refractivity contribution in [2.45, 2.75) is 26.0 Å². The fraction of sp³-hybridized carbons (Fsp3) is 0.250. The molecule has 0 spiro atoms. The lowest BCUT2D eigenvalue weighted by Gasteiger charge is -2.15. The highest BCUT2D eigenvalue weighted by Crippen LogP contribution is 2.38. The number of aliphatic hydroxyl groups is 1. The van der Waals surface area contributed by atoms with Crippen molar-refractivity contribution < 1.29 is 14.9 Å². The van der Waals surface area contributed by atoms with Gasteiger partial charge < -0.3 is 19.5 Å². The van der Waals surface area contributed by atoms with Gasteiger partial charge in [0.05, 0.1) is 30.9 Å². The molecule has 0 amide bonds. The van der Waals surface area contributed by atoms with Gasteiger partial charge in [-0.2, -0.15) is 0 Å². The molecule has 0 bridgehead atoms. The third-order valence-corrected chi connectivity index (χ3v) is 4.11. The fourth-order valence-corrected chi connectivity index (χ4v) is 2.85. The van der Waals surface area contributed by atoms with Crippen LogP contribution in [0.25, 0.3) is 22.5 Å². The smallest absolute Gasteiger partial charge is 0.128 e. The lowest BCUT2D eigenvalue weighted by Crippen LogP contribution is -2.07. The van der Waals surface area contributed by atoms with E-state index in [-0.39, 0.29) is 5.75 Å². The van der Waals surface area contributed by atoms with Gasteiger partial charge in [-0.25, -0.2) is 4.98 Å². The van der Waals surface area contributed by atoms with Gasteiger partial charge in [0.1, 0.15) is 11.5 Å². The molecule has 1 aromatic heterocycles. The number of aryl methyl sites for hydroxylation is 1. The molecule has 0 aliphatic rings. The topological polar surface area (TPSA) is 67.5 Å². The molecule has 5 heteroatoms. The van der Waals surface area contributed by atoms with Crippen LogP contribution in [-0.4, -0.2) is 33.0 Å². The molecular formula is C20H22N2O3. The number of imidazole rings is 1. The molecule has 1 heterocycles. The summed E-state index contributed by atoms with van der Waals surface area (Å²) in [5, 5.41) is 19.6. The molecular weight excluding hydrogens is 316 g/mol. The molecule has 3 rings (SSSR count). The molecule has 25 heavy (non-hydrogen) atoms. The highest BCUT2D eigenvalue weighted by Gasteiger charge is 2.19. The van der Waals surface area contributed by atoms with E-state index in [2.05, 4.69) is 4.98 Å². The Morgan fingerprint density at radius 3 is 2.60 bits per heavy atom. The standard InChI is InChI=1S/C20H22N2O3/c1-14(23)10-11-22-13-21-19(15-6-4-3-5-7-15)20(22)17-12-16(24)8-9-18(17)25-2/h3-9,12-14,23-24H,10-11H2,1-2H3/t14-/m1/s1. The van der Waals surface area contributed by atoms with Crippen molar-refractivity contribution in [1.82, 2.24) is 9.55 Å². The number of phenolic OH excluding ortho intramolecular Hbond substituents is 1. The SMILES string of the molecule is COc1ccc(O)cc1-c1c(-c2ccccc2)ncn1CC[C@@H](C)O. The number of benzene rings is 2. The maximum Gasteiger partial charge on any atom is 0.128 e. The van der Waals surface area contributed by atoms with Gasteiger partial charge in [-0.3, -0.25) is 0 Å². The summed E-state index contributed by atoms with van der Waals surface area (Å²) in [5.74, 6) is 0.826. The molecule has 0 aliphatic carbocycles. The Balaban J connectivity index is 2.18. The number of nitrogens with zero attached hydrogens (tertiary/aromatic N) is 2. The van der Waals surface area contributed by atoms with Crippen LogP contribution >= 0.6 is 0 Å². The molecule has 2 N–H and O–H groups in total. The molecule has 0 aliphatic heterocycles. The average Bonchev–Trinajstić information content (AvgIpc) is 3.04. The molecule has 2 aromatic carbocycles. The second kappa shape index (κ2) is 7.40. The third kappa shape index (κ3) is 3.67. The van der Waals surface area contributed by atoms with E-state index in [9.17, 15) is 10.2 Å². The van der Waals surface area contributed by atoms with Crippen LogP contribution in [0.2, 0.25) is 0 Å². The first kappa shape index (κ1) is 17.0. The number of hydrogen-bond acceptors (Lipinski definition) is 4. The maximum absolute atomic E-state index is 9.98. The van der Waals surface area contributed by atoms with Gasteiger partial charge >= 0.3 is 0 Å². The summed E-state index contributed by atoms with van der Waals surface area (Å²) in [4.78, 5) is 4.59. The predicted molar refractivity (Wildman–Crippen MR) is 97.6 cm³/mol. The van der Waals surface area contributed by atoms with Crippen molar-refractivity contribution >= 4 is 0 Å². The van der Waals surface area contributed by atoms with Crippen molar-refractivity contribution in [3.63, 3.8) is 0 Å². The number of hydrogen-bond donors (Lipinski definition) is 2. The van der Waals surface area contributed by atoms with Crippen LogP contribution in [0, 0.1) is 0 Å². The molecule has 0 saturated carbocycles. The van der Waals surface area contributed by atoms with E-state index in [4.69, 9.17) is 4.74 Å². The number of ether oxygens (including phenoxy) is 1. The summed E-state index contributed by atoms with van der Waals surface area (Å²) in [5.41, 5.74) is 3.43. The normalized spacial score (nSPS) is 12.1. The molecule has 1 atom stereocenters. The van der Waals surface area contributed by atoms with Crippen LogP contribution in [-0.2, 0) is 6.54 Å². The van der Waals surface area contributed by atoms with Crippen LogP contribution in [0.15, 0.2) is 54.9 Å². The second-order valence-electron chi connectivity index (χ2n) is 6.02. The number of rotatable bonds is 6. The number of aromatic nitrogens is 2. The summed E-state index contributed by atoms with van der Waals surface area (Å²) >= 11 is 0. The van der Waals surface area contributed by atoms with Gasteiger partial charge in [-0.05, 0) is 31.5 Å². The molecule has 130 valence electrons. The van der Waals surface area contributed by atoms with Crippen molar-refractivity contribution in [2.75, 3.05) is 7.11 Å². The van der Waals surface area contributed by atoms with Crippen LogP contribution in [0.3, 0.4) is 0 Å². The van der Waals surface area contributed by atoms with E-state index >= 15 is 0 Å². The summed E-state index contributed by atoms with van der Waals surface area (Å²) in [7, 11) is 1.61. The second-order valence-corrected chi connectivity index (χ2v) is 6.02. The average molecular weight is 338 g/mol. The van der Waals surface area contributed by atoms with Crippen LogP contribution in [0.5, 0.6) is 11.5 Å². The summed E-state index contributed by atoms with van der Waals surface area (Å²) < 4.78 is 7.49. The fourth-order valence-electron chi connectivity index (χ4n) is 2.85. The largest absolute Gasteiger partial charge is 0.508 e. The zero-order valence-corrected chi connectivity index (χ0v) is 14.4. The van der Waals surface area contributed by atoms with Crippen molar-refractivity contribution in [2.24, 2.45) is 0 Å². The zero-order valence-electron chi connectivity index (χ0n) is 14.4. The molecule has 5 nitrogen and oxygen atoms in total. The number of aromatic hydroxyl groups is 1. The Bertz CT molecular complexity index is 841. The van der Waals surface area contributed by atoms with E-state index in [1.807, 2.05) is 34.9 Å². The lowest BCUT2D eigenvalue weighted by molar-refractivity contribution is 0.178. The monoisotopic (exact) mass is 338 g/mol. The van der Waals surface area contributed by atoms with Gasteiger partial charge in [-0.15, -0.1) is 0 Å². The van der Waals surface area contributed by atoms with E-state index in [0.717, 1.165) is 22.5 Å². The molecule has 0 fully saturated rings. The summed E-state index contributed by atoms with van der Waals surface area (Å²) in [6.07, 6.45) is 1.98. The van der Waals surface area contributed by atoms with Crippen molar-refractivity contribution in [3.05, 3.63) is 54.9 Å². The number of aliphatic hydroxyl groups excluding tert-OH is 1. The van der Waals surface area contributed by atoms with E-state index < -0.39 is 6.10 Å². The Labute approximate surface area is 147 Å². The number of methoxy groups -OCH3 is 1. The van der Waals surface area contributed by atoms with Gasteiger partial charge in [0, 0.05) is 17.7 Å². The Morgan fingerprint density at radius 1 is 1.16 bits per heavy atom. The first-order valence-electron chi connectivity index (χ1n) is 8.26. The quantitative estimate of drug-likeness (QED) is 0.719. The predicted octanol–water partition coefficient (Wildman–Crippen LogP) is 3.70. The van der Waals surface area contributed by atoms with Crippen LogP contribution < -0.4 is 4.74 Å². The van der Waals surface area contributed by atoms with Gasteiger partial charge in [0.15, 0.2) is 0 Å². The van der Waals surface area contributed by atoms with E-state index in [1.54, 1.807) is 38.6 Å².